The lowest BCUT2D eigenvalue weighted by atomic mass is 9.91. The number of nitrogens with one attached hydrogen (secondary N) is 1. The molecule has 1 fully saturated rings. The quantitative estimate of drug-likeness (QED) is 0.868. The predicted octanol–water partition coefficient (Wildman–Crippen LogP) is 1.84. The van der Waals surface area contributed by atoms with Crippen LogP contribution in [0.25, 0.3) is 0 Å². The monoisotopic (exact) mass is 309 g/mol. The van der Waals surface area contributed by atoms with Crippen LogP contribution in [0.2, 0.25) is 0 Å². The molecule has 114 valence electrons. The number of carboxylic acid groups (broad SMARTS) is 1. The first kappa shape index (κ1) is 15.9. The van der Waals surface area contributed by atoms with E-state index in [9.17, 15) is 14.7 Å². The molecule has 2 N–H and O–H groups in total. The van der Waals surface area contributed by atoms with Crippen molar-refractivity contribution in [3.63, 3.8) is 0 Å². The molecule has 1 atom stereocenters. The summed E-state index contributed by atoms with van der Waals surface area (Å²) in [6.45, 7) is 0. The smallest absolute Gasteiger partial charge is 0.329 e. The number of carbonyl (C=O) groups excluding carboxylic acids is 1. The van der Waals surface area contributed by atoms with Crippen molar-refractivity contribution >= 4 is 23.6 Å². The summed E-state index contributed by atoms with van der Waals surface area (Å²) in [5, 5.41) is 12.2. The van der Waals surface area contributed by atoms with Gasteiger partial charge in [-0.15, -0.1) is 0 Å². The van der Waals surface area contributed by atoms with Gasteiger partial charge in [0.05, 0.1) is 0 Å². The molecule has 1 amide bonds. The van der Waals surface area contributed by atoms with Crippen LogP contribution in [0.3, 0.4) is 0 Å². The van der Waals surface area contributed by atoms with Crippen molar-refractivity contribution in [2.75, 3.05) is 18.6 Å². The molecule has 1 heterocycles. The van der Waals surface area contributed by atoms with Gasteiger partial charge in [0.1, 0.15) is 5.54 Å². The molecule has 0 spiro atoms. The van der Waals surface area contributed by atoms with Gasteiger partial charge in [0.2, 0.25) is 0 Å². The molecule has 21 heavy (non-hydrogen) atoms. The molecule has 5 nitrogen and oxygen atoms in total. The van der Waals surface area contributed by atoms with Crippen LogP contribution in [0.4, 0.5) is 0 Å². The zero-order valence-electron chi connectivity index (χ0n) is 11.9. The summed E-state index contributed by atoms with van der Waals surface area (Å²) in [6, 6.07) is 9.07. The van der Waals surface area contributed by atoms with Gasteiger partial charge in [-0.1, -0.05) is 30.3 Å². The standard InChI is InChI=1S/C15H19NO4S/c1-20-12(11-5-3-2-4-6-11)13(17)16-15(14(18)19)7-9-21-10-8-15/h2-6,12H,7-10H2,1H3,(H,16,17)(H,18,19). The molecular formula is C15H19NO4S. The van der Waals surface area contributed by atoms with Gasteiger partial charge in [-0.2, -0.15) is 11.8 Å². The number of benzene rings is 1. The predicted molar refractivity (Wildman–Crippen MR) is 81.3 cm³/mol. The highest BCUT2D eigenvalue weighted by molar-refractivity contribution is 7.99. The van der Waals surface area contributed by atoms with Gasteiger partial charge in [-0.05, 0) is 29.9 Å². The molecule has 0 bridgehead atoms. The SMILES string of the molecule is COC(C(=O)NC1(C(=O)O)CCSCC1)c1ccccc1. The second kappa shape index (κ2) is 6.95. The average molecular weight is 309 g/mol. The van der Waals surface area contributed by atoms with E-state index in [0.29, 0.717) is 18.4 Å². The molecule has 1 aliphatic heterocycles. The topological polar surface area (TPSA) is 75.6 Å². The van der Waals surface area contributed by atoms with E-state index in [2.05, 4.69) is 5.32 Å². The van der Waals surface area contributed by atoms with Gasteiger partial charge >= 0.3 is 5.97 Å². The summed E-state index contributed by atoms with van der Waals surface area (Å²) in [5.74, 6) is 0.0857. The highest BCUT2D eigenvalue weighted by Crippen LogP contribution is 2.28. The van der Waals surface area contributed by atoms with E-state index >= 15 is 0 Å². The number of amides is 1. The van der Waals surface area contributed by atoms with Crippen LogP contribution in [-0.2, 0) is 14.3 Å². The molecule has 0 saturated carbocycles. The van der Waals surface area contributed by atoms with Gasteiger partial charge in [0.15, 0.2) is 6.10 Å². The Morgan fingerprint density at radius 3 is 2.43 bits per heavy atom. The second-order valence-corrected chi connectivity index (χ2v) is 6.24. The Hall–Kier alpha value is -1.53. The molecule has 1 saturated heterocycles. The summed E-state index contributed by atoms with van der Waals surface area (Å²) in [4.78, 5) is 24.0. The third kappa shape index (κ3) is 3.57. The molecule has 0 aromatic heterocycles. The highest BCUT2D eigenvalue weighted by Gasteiger charge is 2.42. The minimum atomic E-state index is -1.17. The lowest BCUT2D eigenvalue weighted by Crippen LogP contribution is -2.57. The normalized spacial score (nSPS) is 18.7. The van der Waals surface area contributed by atoms with Crippen molar-refractivity contribution < 1.29 is 19.4 Å². The highest BCUT2D eigenvalue weighted by atomic mass is 32.2. The van der Waals surface area contributed by atoms with Crippen molar-refractivity contribution in [1.29, 1.82) is 0 Å². The zero-order valence-corrected chi connectivity index (χ0v) is 12.7. The van der Waals surface area contributed by atoms with Crippen LogP contribution in [0.5, 0.6) is 0 Å². The Morgan fingerprint density at radius 1 is 1.29 bits per heavy atom. The largest absolute Gasteiger partial charge is 0.480 e. The minimum Gasteiger partial charge on any atom is -0.480 e. The van der Waals surface area contributed by atoms with Gasteiger partial charge < -0.3 is 15.2 Å². The summed E-state index contributed by atoms with van der Waals surface area (Å²) in [6.07, 6.45) is 0.0745. The Kier molecular flexibility index (Phi) is 5.25. The molecule has 1 aliphatic rings. The first-order valence-electron chi connectivity index (χ1n) is 6.80. The molecule has 1 aromatic rings. The Morgan fingerprint density at radius 2 is 1.90 bits per heavy atom. The van der Waals surface area contributed by atoms with Crippen LogP contribution < -0.4 is 5.32 Å². The third-order valence-electron chi connectivity index (χ3n) is 3.69. The van der Waals surface area contributed by atoms with Crippen molar-refractivity contribution in [2.24, 2.45) is 0 Å². The van der Waals surface area contributed by atoms with Crippen LogP contribution in [0.1, 0.15) is 24.5 Å². The number of hydrogen-bond acceptors (Lipinski definition) is 4. The van der Waals surface area contributed by atoms with Crippen molar-refractivity contribution in [1.82, 2.24) is 5.32 Å². The number of rotatable bonds is 5. The number of carbonyl (C=O) groups is 2. The number of methoxy groups -OCH3 is 1. The van der Waals surface area contributed by atoms with Crippen LogP contribution in [0, 0.1) is 0 Å². The fourth-order valence-corrected chi connectivity index (χ4v) is 3.63. The molecule has 6 heteroatoms. The van der Waals surface area contributed by atoms with Crippen molar-refractivity contribution in [3.05, 3.63) is 35.9 Å². The summed E-state index contributed by atoms with van der Waals surface area (Å²) in [7, 11) is 1.45. The van der Waals surface area contributed by atoms with E-state index < -0.39 is 23.5 Å². The van der Waals surface area contributed by atoms with Crippen LogP contribution >= 0.6 is 11.8 Å². The van der Waals surface area contributed by atoms with Crippen molar-refractivity contribution in [2.45, 2.75) is 24.5 Å². The first-order valence-corrected chi connectivity index (χ1v) is 7.95. The average Bonchev–Trinajstić information content (AvgIpc) is 2.50. The summed E-state index contributed by atoms with van der Waals surface area (Å²) in [5.41, 5.74) is -0.461. The fraction of sp³-hybridized carbons (Fsp3) is 0.467. The molecule has 1 aromatic carbocycles. The maximum atomic E-state index is 12.4. The van der Waals surface area contributed by atoms with E-state index in [1.807, 2.05) is 18.2 Å². The van der Waals surface area contributed by atoms with E-state index in [0.717, 1.165) is 11.5 Å². The Bertz CT molecular complexity index is 500. The third-order valence-corrected chi connectivity index (χ3v) is 4.68. The minimum absolute atomic E-state index is 0.405. The molecule has 2 rings (SSSR count). The van der Waals surface area contributed by atoms with Crippen molar-refractivity contribution in [3.8, 4) is 0 Å². The van der Waals surface area contributed by atoms with E-state index in [4.69, 9.17) is 4.74 Å². The van der Waals surface area contributed by atoms with Crippen LogP contribution in [0.15, 0.2) is 30.3 Å². The van der Waals surface area contributed by atoms with Gasteiger partial charge in [-0.25, -0.2) is 4.79 Å². The Labute approximate surface area is 128 Å². The summed E-state index contributed by atoms with van der Waals surface area (Å²) >= 11 is 1.71. The molecular weight excluding hydrogens is 290 g/mol. The molecule has 0 aliphatic carbocycles. The van der Waals surface area contributed by atoms with E-state index in [-0.39, 0.29) is 0 Å². The van der Waals surface area contributed by atoms with E-state index in [1.54, 1.807) is 23.9 Å². The van der Waals surface area contributed by atoms with Gasteiger partial charge in [-0.3, -0.25) is 4.79 Å². The number of aliphatic carboxylic acids is 1. The number of thioether (sulfide) groups is 1. The van der Waals surface area contributed by atoms with Gasteiger partial charge in [0.25, 0.3) is 5.91 Å². The number of ether oxygens (including phenoxy) is 1. The second-order valence-electron chi connectivity index (χ2n) is 5.02. The summed E-state index contributed by atoms with van der Waals surface area (Å²) < 4.78 is 5.25. The lowest BCUT2D eigenvalue weighted by Gasteiger charge is -2.34. The molecule has 0 radical (unpaired) electrons. The number of carboxylic acids is 1. The first-order chi connectivity index (χ1) is 10.1. The van der Waals surface area contributed by atoms with Crippen LogP contribution in [-0.4, -0.2) is 41.1 Å². The zero-order chi connectivity index (χ0) is 15.3. The Balaban J connectivity index is 2.16. The maximum absolute atomic E-state index is 12.4. The van der Waals surface area contributed by atoms with E-state index in [1.165, 1.54) is 7.11 Å². The molecule has 1 unspecified atom stereocenters. The van der Waals surface area contributed by atoms with Gasteiger partial charge in [0, 0.05) is 7.11 Å². The lowest BCUT2D eigenvalue weighted by molar-refractivity contribution is -0.150. The fourth-order valence-electron chi connectivity index (χ4n) is 2.44. The maximum Gasteiger partial charge on any atom is 0.329 e. The number of hydrogen-bond donors (Lipinski definition) is 2.